The molecular formula is C22H22N2O4S2. The van der Waals surface area contributed by atoms with Crippen molar-refractivity contribution in [3.05, 3.63) is 62.7 Å². The topological polar surface area (TPSA) is 67.9 Å². The van der Waals surface area contributed by atoms with Gasteiger partial charge in [0.1, 0.15) is 0 Å². The summed E-state index contributed by atoms with van der Waals surface area (Å²) >= 11 is 2.92. The molecule has 8 heteroatoms. The maximum atomic E-state index is 13.5. The number of carbonyl (C=O) groups is 2. The smallest absolute Gasteiger partial charge is 0.264 e. The SMILES string of the molecule is COc1cc2c(cc1OC)[C@@H](c1cccs1)N(C(=O)c1ccc(NC(C)=O)s1)CC2. The molecule has 4 rings (SSSR count). The van der Waals surface area contributed by atoms with Gasteiger partial charge in [-0.2, -0.15) is 0 Å². The Morgan fingerprint density at radius 2 is 1.90 bits per heavy atom. The number of rotatable bonds is 5. The molecule has 0 unspecified atom stereocenters. The number of benzene rings is 1. The number of hydrogen-bond donors (Lipinski definition) is 1. The van der Waals surface area contributed by atoms with Crippen molar-refractivity contribution in [3.8, 4) is 11.5 Å². The lowest BCUT2D eigenvalue weighted by Crippen LogP contribution is -2.40. The standard InChI is InChI=1S/C22H22N2O4S2/c1-13(25)23-20-7-6-19(30-20)22(26)24-9-8-14-11-16(27-2)17(28-3)12-15(14)21(24)18-5-4-10-29-18/h4-7,10-12,21H,8-9H2,1-3H3,(H,23,25)/t21-/m0/s1. The van der Waals surface area contributed by atoms with Crippen molar-refractivity contribution in [2.24, 2.45) is 0 Å². The average molecular weight is 443 g/mol. The minimum absolute atomic E-state index is 0.0459. The normalized spacial score (nSPS) is 15.4. The summed E-state index contributed by atoms with van der Waals surface area (Å²) in [6, 6.07) is 11.4. The highest BCUT2D eigenvalue weighted by Gasteiger charge is 2.35. The molecule has 0 bridgehead atoms. The Balaban J connectivity index is 1.75. The Hall–Kier alpha value is -2.84. The molecule has 3 aromatic rings. The van der Waals surface area contributed by atoms with Gasteiger partial charge in [0.15, 0.2) is 11.5 Å². The lowest BCUT2D eigenvalue weighted by atomic mass is 9.90. The fourth-order valence-electron chi connectivity index (χ4n) is 3.75. The third-order valence-electron chi connectivity index (χ3n) is 5.06. The summed E-state index contributed by atoms with van der Waals surface area (Å²) in [4.78, 5) is 28.4. The van der Waals surface area contributed by atoms with Gasteiger partial charge in [-0.3, -0.25) is 9.59 Å². The van der Waals surface area contributed by atoms with Crippen LogP contribution in [0, 0.1) is 0 Å². The third kappa shape index (κ3) is 3.80. The first-order chi connectivity index (χ1) is 14.5. The second kappa shape index (κ2) is 8.49. The van der Waals surface area contributed by atoms with Gasteiger partial charge in [-0.1, -0.05) is 6.07 Å². The highest BCUT2D eigenvalue weighted by Crippen LogP contribution is 2.43. The van der Waals surface area contributed by atoms with Gasteiger partial charge in [0, 0.05) is 18.3 Å². The van der Waals surface area contributed by atoms with Crippen molar-refractivity contribution in [3.63, 3.8) is 0 Å². The fourth-order valence-corrected chi connectivity index (χ4v) is 5.52. The molecule has 3 heterocycles. The van der Waals surface area contributed by atoms with Crippen molar-refractivity contribution in [1.29, 1.82) is 0 Å². The lowest BCUT2D eigenvalue weighted by molar-refractivity contribution is -0.114. The minimum Gasteiger partial charge on any atom is -0.493 e. The summed E-state index contributed by atoms with van der Waals surface area (Å²) in [5.41, 5.74) is 2.20. The zero-order valence-electron chi connectivity index (χ0n) is 16.9. The summed E-state index contributed by atoms with van der Waals surface area (Å²) in [7, 11) is 3.24. The Kier molecular flexibility index (Phi) is 5.78. The van der Waals surface area contributed by atoms with Crippen LogP contribution in [0.25, 0.3) is 0 Å². The average Bonchev–Trinajstić information content (AvgIpc) is 3.43. The molecule has 2 aromatic heterocycles. The van der Waals surface area contributed by atoms with Gasteiger partial charge < -0.3 is 19.7 Å². The highest BCUT2D eigenvalue weighted by molar-refractivity contribution is 7.18. The van der Waals surface area contributed by atoms with Crippen LogP contribution in [0.2, 0.25) is 0 Å². The molecule has 1 aromatic carbocycles. The number of nitrogens with zero attached hydrogens (tertiary/aromatic N) is 1. The van der Waals surface area contributed by atoms with E-state index >= 15 is 0 Å². The number of carbonyl (C=O) groups excluding carboxylic acids is 2. The van der Waals surface area contributed by atoms with E-state index in [-0.39, 0.29) is 17.9 Å². The Morgan fingerprint density at radius 1 is 1.13 bits per heavy atom. The second-order valence-corrected chi connectivity index (χ2v) is 8.98. The Labute approximate surface area is 183 Å². The second-order valence-electron chi connectivity index (χ2n) is 6.92. The predicted octanol–water partition coefficient (Wildman–Crippen LogP) is 4.57. The Bertz CT molecular complexity index is 1080. The van der Waals surface area contributed by atoms with Crippen molar-refractivity contribution >= 4 is 39.5 Å². The molecule has 2 amide bonds. The van der Waals surface area contributed by atoms with Crippen LogP contribution in [0.4, 0.5) is 5.00 Å². The molecular weight excluding hydrogens is 420 g/mol. The van der Waals surface area contributed by atoms with E-state index in [0.29, 0.717) is 27.9 Å². The summed E-state index contributed by atoms with van der Waals surface area (Å²) in [6.45, 7) is 2.05. The number of methoxy groups -OCH3 is 2. The van der Waals surface area contributed by atoms with E-state index in [1.54, 1.807) is 37.7 Å². The largest absolute Gasteiger partial charge is 0.493 e. The summed E-state index contributed by atoms with van der Waals surface area (Å²) < 4.78 is 11.0. The molecule has 1 aliphatic heterocycles. The van der Waals surface area contributed by atoms with E-state index in [0.717, 1.165) is 22.4 Å². The number of ether oxygens (including phenoxy) is 2. The van der Waals surface area contributed by atoms with Gasteiger partial charge in [0.25, 0.3) is 5.91 Å². The van der Waals surface area contributed by atoms with Crippen molar-refractivity contribution in [2.75, 3.05) is 26.1 Å². The summed E-state index contributed by atoms with van der Waals surface area (Å²) in [5.74, 6) is 1.14. The highest BCUT2D eigenvalue weighted by atomic mass is 32.1. The van der Waals surface area contributed by atoms with Crippen LogP contribution < -0.4 is 14.8 Å². The number of nitrogens with one attached hydrogen (secondary N) is 1. The Morgan fingerprint density at radius 3 is 2.57 bits per heavy atom. The monoisotopic (exact) mass is 442 g/mol. The zero-order chi connectivity index (χ0) is 21.3. The molecule has 6 nitrogen and oxygen atoms in total. The number of anilines is 1. The molecule has 0 saturated carbocycles. The van der Waals surface area contributed by atoms with E-state index in [1.807, 2.05) is 28.5 Å². The van der Waals surface area contributed by atoms with Crippen LogP contribution in [0.5, 0.6) is 11.5 Å². The molecule has 0 saturated heterocycles. The molecule has 156 valence electrons. The van der Waals surface area contributed by atoms with Crippen LogP contribution >= 0.6 is 22.7 Å². The van der Waals surface area contributed by atoms with Gasteiger partial charge in [-0.05, 0) is 53.3 Å². The number of amides is 2. The first-order valence-corrected chi connectivity index (χ1v) is 11.2. The van der Waals surface area contributed by atoms with Gasteiger partial charge in [0.05, 0.1) is 30.1 Å². The van der Waals surface area contributed by atoms with Crippen molar-refractivity contribution in [2.45, 2.75) is 19.4 Å². The van der Waals surface area contributed by atoms with Crippen LogP contribution in [-0.2, 0) is 11.2 Å². The molecule has 1 N–H and O–H groups in total. The van der Waals surface area contributed by atoms with Gasteiger partial charge in [-0.25, -0.2) is 0 Å². The van der Waals surface area contributed by atoms with E-state index in [4.69, 9.17) is 9.47 Å². The number of hydrogen-bond acceptors (Lipinski definition) is 6. The summed E-state index contributed by atoms with van der Waals surface area (Å²) in [6.07, 6.45) is 0.729. The van der Waals surface area contributed by atoms with Crippen LogP contribution in [0.15, 0.2) is 41.8 Å². The van der Waals surface area contributed by atoms with Crippen LogP contribution in [-0.4, -0.2) is 37.5 Å². The maximum absolute atomic E-state index is 13.5. The van der Waals surface area contributed by atoms with E-state index in [9.17, 15) is 9.59 Å². The molecule has 0 radical (unpaired) electrons. The van der Waals surface area contributed by atoms with E-state index in [1.165, 1.54) is 18.3 Å². The van der Waals surface area contributed by atoms with Gasteiger partial charge in [-0.15, -0.1) is 22.7 Å². The fraction of sp³-hybridized carbons (Fsp3) is 0.273. The molecule has 0 fully saturated rings. The van der Waals surface area contributed by atoms with Crippen molar-refractivity contribution < 1.29 is 19.1 Å². The first-order valence-electron chi connectivity index (χ1n) is 9.48. The van der Waals surface area contributed by atoms with Crippen molar-refractivity contribution in [1.82, 2.24) is 4.90 Å². The quantitative estimate of drug-likeness (QED) is 0.628. The molecule has 1 atom stereocenters. The van der Waals surface area contributed by atoms with E-state index in [2.05, 4.69) is 11.4 Å². The van der Waals surface area contributed by atoms with Crippen LogP contribution in [0.1, 0.15) is 38.6 Å². The zero-order valence-corrected chi connectivity index (χ0v) is 18.6. The molecule has 30 heavy (non-hydrogen) atoms. The molecule has 1 aliphatic rings. The molecule has 0 aliphatic carbocycles. The van der Waals surface area contributed by atoms with Crippen LogP contribution in [0.3, 0.4) is 0 Å². The minimum atomic E-state index is -0.202. The lowest BCUT2D eigenvalue weighted by Gasteiger charge is -2.37. The van der Waals surface area contributed by atoms with E-state index < -0.39 is 0 Å². The third-order valence-corrected chi connectivity index (χ3v) is 6.98. The predicted molar refractivity (Wildman–Crippen MR) is 119 cm³/mol. The number of fused-ring (bicyclic) bond motifs is 1. The number of thiophene rings is 2. The van der Waals surface area contributed by atoms with Gasteiger partial charge >= 0.3 is 0 Å². The van der Waals surface area contributed by atoms with Gasteiger partial charge in [0.2, 0.25) is 5.91 Å². The molecule has 0 spiro atoms. The first kappa shape index (κ1) is 20.4. The summed E-state index contributed by atoms with van der Waals surface area (Å²) in [5, 5.41) is 5.44. The maximum Gasteiger partial charge on any atom is 0.264 e.